The van der Waals surface area contributed by atoms with Crippen LogP contribution < -0.4 is 5.73 Å². The summed E-state index contributed by atoms with van der Waals surface area (Å²) in [5.74, 6) is 2.44. The number of thioether (sulfide) groups is 1. The number of fused-ring (bicyclic) bond motifs is 1. The number of nitrogen functional groups attached to an aromatic ring is 1. The van der Waals surface area contributed by atoms with Gasteiger partial charge < -0.3 is 10.5 Å². The average molecular weight is 287 g/mol. The van der Waals surface area contributed by atoms with Crippen LogP contribution in [0.4, 0.5) is 5.69 Å². The number of benzene rings is 1. The maximum Gasteiger partial charge on any atom is 0.0817 e. The molecular weight excluding hydrogens is 266 g/mol. The highest BCUT2D eigenvalue weighted by atomic mass is 32.2. The zero-order valence-electron chi connectivity index (χ0n) is 11.8. The molecule has 0 amide bonds. The van der Waals surface area contributed by atoms with Crippen LogP contribution in [0.2, 0.25) is 0 Å². The smallest absolute Gasteiger partial charge is 0.0817 e. The first kappa shape index (κ1) is 12.8. The molecule has 3 heteroatoms. The van der Waals surface area contributed by atoms with Crippen LogP contribution in [0.15, 0.2) is 23.8 Å². The zero-order chi connectivity index (χ0) is 13.6. The fourth-order valence-electron chi connectivity index (χ4n) is 3.89. The average Bonchev–Trinajstić information content (AvgIpc) is 3.05. The molecule has 2 N–H and O–H groups in total. The van der Waals surface area contributed by atoms with Gasteiger partial charge in [-0.1, -0.05) is 11.6 Å². The van der Waals surface area contributed by atoms with Crippen molar-refractivity contribution in [3.05, 3.63) is 34.9 Å². The SMILES string of the molecule is Nc1ccc2c(c1)CC/C2=C1\CCOC2(CCSC2)C1. The molecule has 4 rings (SSSR count). The van der Waals surface area contributed by atoms with Gasteiger partial charge in [-0.25, -0.2) is 0 Å². The van der Waals surface area contributed by atoms with Crippen LogP contribution in [0, 0.1) is 0 Å². The third-order valence-corrected chi connectivity index (χ3v) is 6.16. The maximum absolute atomic E-state index is 6.15. The molecule has 2 heterocycles. The van der Waals surface area contributed by atoms with Crippen molar-refractivity contribution in [2.45, 2.75) is 37.7 Å². The van der Waals surface area contributed by atoms with E-state index in [1.807, 2.05) is 17.8 Å². The van der Waals surface area contributed by atoms with Gasteiger partial charge in [0, 0.05) is 11.4 Å². The molecule has 2 aliphatic heterocycles. The van der Waals surface area contributed by atoms with Gasteiger partial charge in [-0.15, -0.1) is 0 Å². The van der Waals surface area contributed by atoms with Gasteiger partial charge in [-0.05, 0) is 66.7 Å². The summed E-state index contributed by atoms with van der Waals surface area (Å²) >= 11 is 2.05. The predicted molar refractivity (Wildman–Crippen MR) is 86.0 cm³/mol. The van der Waals surface area contributed by atoms with Crippen LogP contribution in [0.25, 0.3) is 5.57 Å². The summed E-state index contributed by atoms with van der Waals surface area (Å²) in [5.41, 5.74) is 13.1. The molecular formula is C17H21NOS. The predicted octanol–water partition coefficient (Wildman–Crippen LogP) is 3.65. The van der Waals surface area contributed by atoms with E-state index >= 15 is 0 Å². The molecule has 0 saturated carbocycles. The van der Waals surface area contributed by atoms with Gasteiger partial charge in [0.1, 0.15) is 0 Å². The van der Waals surface area contributed by atoms with Crippen molar-refractivity contribution < 1.29 is 4.74 Å². The van der Waals surface area contributed by atoms with Crippen LogP contribution in [-0.2, 0) is 11.2 Å². The monoisotopic (exact) mass is 287 g/mol. The van der Waals surface area contributed by atoms with Crippen LogP contribution >= 0.6 is 11.8 Å². The Balaban J connectivity index is 1.70. The molecule has 0 aromatic heterocycles. The Labute approximate surface area is 124 Å². The summed E-state index contributed by atoms with van der Waals surface area (Å²) in [6.07, 6.45) is 5.84. The molecule has 1 spiro atoms. The number of ether oxygens (including phenoxy) is 1. The lowest BCUT2D eigenvalue weighted by atomic mass is 9.85. The number of hydrogen-bond acceptors (Lipinski definition) is 3. The van der Waals surface area contributed by atoms with E-state index < -0.39 is 0 Å². The summed E-state index contributed by atoms with van der Waals surface area (Å²) in [6, 6.07) is 6.43. The topological polar surface area (TPSA) is 35.2 Å². The van der Waals surface area contributed by atoms with E-state index in [2.05, 4.69) is 12.1 Å². The molecule has 1 aliphatic carbocycles. The van der Waals surface area contributed by atoms with Gasteiger partial charge in [0.05, 0.1) is 12.2 Å². The highest BCUT2D eigenvalue weighted by Crippen LogP contribution is 2.45. The largest absolute Gasteiger partial charge is 0.399 e. The molecule has 1 aromatic rings. The van der Waals surface area contributed by atoms with E-state index in [0.717, 1.165) is 31.6 Å². The Hall–Kier alpha value is -0.930. The highest BCUT2D eigenvalue weighted by Gasteiger charge is 2.39. The number of aryl methyl sites for hydroxylation is 1. The Kier molecular flexibility index (Phi) is 3.08. The standard InChI is InChI=1S/C17H21NOS/c18-14-2-4-15-12(9-14)1-3-16(15)13-5-7-19-17(10-13)6-8-20-11-17/h2,4,9H,1,3,5-8,10-11,18H2/b16-13-. The van der Waals surface area contributed by atoms with E-state index in [9.17, 15) is 0 Å². The van der Waals surface area contributed by atoms with Crippen molar-refractivity contribution in [3.8, 4) is 0 Å². The summed E-state index contributed by atoms with van der Waals surface area (Å²) in [4.78, 5) is 0. The van der Waals surface area contributed by atoms with Crippen LogP contribution in [-0.4, -0.2) is 23.7 Å². The Morgan fingerprint density at radius 1 is 1.20 bits per heavy atom. The summed E-state index contributed by atoms with van der Waals surface area (Å²) < 4.78 is 6.15. The van der Waals surface area contributed by atoms with Gasteiger partial charge in [0.15, 0.2) is 0 Å². The highest BCUT2D eigenvalue weighted by molar-refractivity contribution is 7.99. The molecule has 0 bridgehead atoms. The van der Waals surface area contributed by atoms with Crippen LogP contribution in [0.5, 0.6) is 0 Å². The van der Waals surface area contributed by atoms with Crippen molar-refractivity contribution in [1.82, 2.24) is 0 Å². The molecule has 1 atom stereocenters. The lowest BCUT2D eigenvalue weighted by Crippen LogP contribution is -2.37. The molecule has 1 unspecified atom stereocenters. The number of allylic oxidation sites excluding steroid dienone is 1. The maximum atomic E-state index is 6.15. The quantitative estimate of drug-likeness (QED) is 0.740. The molecule has 2 nitrogen and oxygen atoms in total. The van der Waals surface area contributed by atoms with Crippen molar-refractivity contribution in [3.63, 3.8) is 0 Å². The fourth-order valence-corrected chi connectivity index (χ4v) is 5.26. The first-order valence-electron chi connectivity index (χ1n) is 7.57. The normalized spacial score (nSPS) is 32.8. The van der Waals surface area contributed by atoms with Gasteiger partial charge in [-0.2, -0.15) is 11.8 Å². The fraction of sp³-hybridized carbons (Fsp3) is 0.529. The van der Waals surface area contributed by atoms with Crippen molar-refractivity contribution in [2.75, 3.05) is 23.8 Å². The second-order valence-electron chi connectivity index (χ2n) is 6.26. The third-order valence-electron chi connectivity index (χ3n) is 4.94. The van der Waals surface area contributed by atoms with E-state index in [0.29, 0.717) is 0 Å². The minimum Gasteiger partial charge on any atom is -0.399 e. The first-order chi connectivity index (χ1) is 9.76. The first-order valence-corrected chi connectivity index (χ1v) is 8.73. The molecule has 1 aromatic carbocycles. The Morgan fingerprint density at radius 2 is 2.15 bits per heavy atom. The number of hydrogen-bond donors (Lipinski definition) is 1. The molecule has 106 valence electrons. The van der Waals surface area contributed by atoms with Gasteiger partial charge in [0.2, 0.25) is 0 Å². The lowest BCUT2D eigenvalue weighted by molar-refractivity contribution is -0.0410. The Morgan fingerprint density at radius 3 is 3.00 bits per heavy atom. The van der Waals surface area contributed by atoms with Crippen LogP contribution in [0.3, 0.4) is 0 Å². The third kappa shape index (κ3) is 2.08. The van der Waals surface area contributed by atoms with E-state index in [1.54, 1.807) is 11.1 Å². The summed E-state index contributed by atoms with van der Waals surface area (Å²) in [5, 5.41) is 0. The van der Waals surface area contributed by atoms with E-state index in [4.69, 9.17) is 10.5 Å². The van der Waals surface area contributed by atoms with Gasteiger partial charge in [-0.3, -0.25) is 0 Å². The second kappa shape index (κ2) is 4.81. The number of rotatable bonds is 0. The minimum atomic E-state index is 0.155. The second-order valence-corrected chi connectivity index (χ2v) is 7.36. The van der Waals surface area contributed by atoms with E-state index in [-0.39, 0.29) is 5.60 Å². The summed E-state index contributed by atoms with van der Waals surface area (Å²) in [6.45, 7) is 0.906. The van der Waals surface area contributed by atoms with Crippen LogP contribution in [0.1, 0.15) is 36.8 Å². The van der Waals surface area contributed by atoms with Crippen molar-refractivity contribution in [2.24, 2.45) is 0 Å². The van der Waals surface area contributed by atoms with Gasteiger partial charge in [0.25, 0.3) is 0 Å². The van der Waals surface area contributed by atoms with E-state index in [1.165, 1.54) is 35.5 Å². The van der Waals surface area contributed by atoms with Crippen molar-refractivity contribution in [1.29, 1.82) is 0 Å². The molecule has 20 heavy (non-hydrogen) atoms. The number of anilines is 1. The molecule has 0 radical (unpaired) electrons. The number of nitrogens with two attached hydrogens (primary N) is 1. The minimum absolute atomic E-state index is 0.155. The summed E-state index contributed by atoms with van der Waals surface area (Å²) in [7, 11) is 0. The Bertz CT molecular complexity index is 572. The molecule has 3 aliphatic rings. The van der Waals surface area contributed by atoms with Gasteiger partial charge >= 0.3 is 0 Å². The lowest BCUT2D eigenvalue weighted by Gasteiger charge is -2.35. The zero-order valence-corrected chi connectivity index (χ0v) is 12.6. The van der Waals surface area contributed by atoms with Crippen molar-refractivity contribution >= 4 is 23.0 Å². The molecule has 2 saturated heterocycles. The molecule has 2 fully saturated rings.